The van der Waals surface area contributed by atoms with Crippen molar-refractivity contribution in [1.82, 2.24) is 9.97 Å². The molecule has 0 spiro atoms. The monoisotopic (exact) mass is 465 g/mol. The number of urea groups is 1. The fourth-order valence-electron chi connectivity index (χ4n) is 3.53. The Labute approximate surface area is 197 Å². The number of anilines is 2. The molecule has 178 valence electrons. The lowest BCUT2D eigenvalue weighted by molar-refractivity contribution is -0.161. The summed E-state index contributed by atoms with van der Waals surface area (Å²) in [5.74, 6) is 0.777. The number of carbonyl (C=O) groups excluding carboxylic acids is 1. The van der Waals surface area contributed by atoms with Crippen molar-refractivity contribution in [3.05, 3.63) is 47.8 Å². The van der Waals surface area contributed by atoms with Gasteiger partial charge in [-0.3, -0.25) is 5.32 Å². The van der Waals surface area contributed by atoms with Gasteiger partial charge in [0.25, 0.3) is 5.88 Å². The summed E-state index contributed by atoms with van der Waals surface area (Å²) in [6.45, 7) is 1.90. The molecule has 4 rings (SSSR count). The Bertz CT molecular complexity index is 1060. The highest BCUT2D eigenvalue weighted by molar-refractivity contribution is 6.00. The van der Waals surface area contributed by atoms with Crippen molar-refractivity contribution in [3.63, 3.8) is 0 Å². The van der Waals surface area contributed by atoms with Crippen LogP contribution in [0.3, 0.4) is 0 Å². The number of nitrogens with one attached hydrogen (secondary N) is 2. The van der Waals surface area contributed by atoms with Gasteiger partial charge < -0.3 is 24.3 Å². The van der Waals surface area contributed by atoms with Crippen LogP contribution in [0.4, 0.5) is 16.3 Å². The van der Waals surface area contributed by atoms with Crippen molar-refractivity contribution in [1.29, 1.82) is 5.26 Å². The normalized spacial score (nSPS) is 19.5. The second kappa shape index (κ2) is 12.0. The van der Waals surface area contributed by atoms with Gasteiger partial charge in [0.1, 0.15) is 18.4 Å². The van der Waals surface area contributed by atoms with Crippen molar-refractivity contribution in [2.45, 2.75) is 38.4 Å². The molecule has 1 saturated heterocycles. The molecule has 10 heteroatoms. The smallest absolute Gasteiger partial charge is 0.325 e. The van der Waals surface area contributed by atoms with Crippen LogP contribution < -0.4 is 20.1 Å². The van der Waals surface area contributed by atoms with Crippen LogP contribution in [0.5, 0.6) is 11.6 Å². The van der Waals surface area contributed by atoms with Crippen LogP contribution in [0.15, 0.2) is 36.5 Å². The van der Waals surface area contributed by atoms with E-state index in [0.717, 1.165) is 31.4 Å². The third-order valence-corrected chi connectivity index (χ3v) is 5.24. The lowest BCUT2D eigenvalue weighted by atomic mass is 10.1. The lowest BCUT2D eigenvalue weighted by Crippen LogP contribution is -2.23. The summed E-state index contributed by atoms with van der Waals surface area (Å²) in [5, 5.41) is 14.6. The van der Waals surface area contributed by atoms with Gasteiger partial charge in [-0.05, 0) is 49.8 Å². The van der Waals surface area contributed by atoms with E-state index in [1.165, 1.54) is 6.20 Å². The minimum atomic E-state index is -0.524. The zero-order chi connectivity index (χ0) is 23.6. The van der Waals surface area contributed by atoms with Crippen LogP contribution in [0.25, 0.3) is 0 Å². The first kappa shape index (κ1) is 23.5. The van der Waals surface area contributed by atoms with Gasteiger partial charge in [0, 0.05) is 6.61 Å². The molecule has 1 aromatic carbocycles. The molecule has 0 aliphatic carbocycles. The van der Waals surface area contributed by atoms with Gasteiger partial charge in [-0.2, -0.15) is 10.2 Å². The highest BCUT2D eigenvalue weighted by Gasteiger charge is 2.15. The number of carbonyl (C=O) groups is 1. The first-order chi connectivity index (χ1) is 16.7. The number of amides is 2. The van der Waals surface area contributed by atoms with Gasteiger partial charge in [-0.1, -0.05) is 18.2 Å². The highest BCUT2D eigenvalue weighted by Crippen LogP contribution is 2.27. The Balaban J connectivity index is 1.47. The number of nitriles is 1. The predicted octanol–water partition coefficient (Wildman–Crippen LogP) is 3.80. The number of rotatable bonds is 4. The van der Waals surface area contributed by atoms with E-state index in [0.29, 0.717) is 44.1 Å². The number of hydrogen-bond donors (Lipinski definition) is 2. The molecule has 1 aromatic heterocycles. The predicted molar refractivity (Wildman–Crippen MR) is 124 cm³/mol. The van der Waals surface area contributed by atoms with E-state index < -0.39 is 6.03 Å². The molecule has 0 saturated carbocycles. The Morgan fingerprint density at radius 2 is 2.12 bits per heavy atom. The Hall–Kier alpha value is -3.68. The molecule has 0 radical (unpaired) electrons. The van der Waals surface area contributed by atoms with E-state index in [4.69, 9.17) is 18.9 Å². The third kappa shape index (κ3) is 6.66. The average Bonchev–Trinajstić information content (AvgIpc) is 2.85. The summed E-state index contributed by atoms with van der Waals surface area (Å²) < 4.78 is 22.9. The molecule has 1 unspecified atom stereocenters. The van der Waals surface area contributed by atoms with Crippen LogP contribution in [0, 0.1) is 11.3 Å². The molecule has 2 N–H and O–H groups in total. The van der Waals surface area contributed by atoms with Crippen LogP contribution in [-0.4, -0.2) is 48.7 Å². The maximum Gasteiger partial charge on any atom is 0.325 e. The molecule has 1 fully saturated rings. The number of aromatic nitrogens is 2. The van der Waals surface area contributed by atoms with E-state index in [1.807, 2.05) is 36.4 Å². The quantitative estimate of drug-likeness (QED) is 0.653. The first-order valence-electron chi connectivity index (χ1n) is 11.3. The van der Waals surface area contributed by atoms with Crippen molar-refractivity contribution >= 4 is 17.5 Å². The van der Waals surface area contributed by atoms with Crippen molar-refractivity contribution in [2.24, 2.45) is 0 Å². The van der Waals surface area contributed by atoms with Crippen molar-refractivity contribution in [2.75, 3.05) is 37.1 Å². The topological polar surface area (TPSA) is 128 Å². The van der Waals surface area contributed by atoms with Crippen LogP contribution in [0.1, 0.15) is 36.9 Å². The molecule has 2 aromatic rings. The molecule has 10 nitrogen and oxygen atoms in total. The molecule has 2 aliphatic heterocycles. The van der Waals surface area contributed by atoms with E-state index in [1.54, 1.807) is 0 Å². The van der Waals surface area contributed by atoms with Crippen molar-refractivity contribution in [3.8, 4) is 17.7 Å². The SMILES string of the molecule is N#Cc1ncc2nc1OCC/C=C/COc1ccc(CCOC3CCCCO3)cc1NC(=O)N2. The summed E-state index contributed by atoms with van der Waals surface area (Å²) in [6.07, 6.45) is 9.32. The Kier molecular flexibility index (Phi) is 8.27. The number of hydrogen-bond acceptors (Lipinski definition) is 8. The zero-order valence-corrected chi connectivity index (χ0v) is 18.8. The number of nitrogens with zero attached hydrogens (tertiary/aromatic N) is 3. The van der Waals surface area contributed by atoms with Crippen LogP contribution in [0.2, 0.25) is 0 Å². The lowest BCUT2D eigenvalue weighted by Gasteiger charge is -2.22. The molecular formula is C24H27N5O5. The molecular weight excluding hydrogens is 438 g/mol. The molecule has 2 amide bonds. The zero-order valence-electron chi connectivity index (χ0n) is 18.8. The van der Waals surface area contributed by atoms with Gasteiger partial charge in [-0.25, -0.2) is 9.78 Å². The summed E-state index contributed by atoms with van der Waals surface area (Å²) in [6, 6.07) is 7.06. The fourth-order valence-corrected chi connectivity index (χ4v) is 3.53. The maximum absolute atomic E-state index is 12.7. The van der Waals surface area contributed by atoms with Crippen molar-refractivity contribution < 1.29 is 23.7 Å². The number of fused-ring (bicyclic) bond motifs is 3. The summed E-state index contributed by atoms with van der Waals surface area (Å²) in [4.78, 5) is 20.9. The second-order valence-corrected chi connectivity index (χ2v) is 7.77. The summed E-state index contributed by atoms with van der Waals surface area (Å²) >= 11 is 0. The van der Waals surface area contributed by atoms with Gasteiger partial charge in [0.05, 0.1) is 25.1 Å². The first-order valence-corrected chi connectivity index (χ1v) is 11.3. The minimum absolute atomic E-state index is 0.0541. The highest BCUT2D eigenvalue weighted by atomic mass is 16.7. The molecule has 34 heavy (non-hydrogen) atoms. The second-order valence-electron chi connectivity index (χ2n) is 7.77. The Morgan fingerprint density at radius 1 is 1.18 bits per heavy atom. The summed E-state index contributed by atoms with van der Waals surface area (Å²) in [5.41, 5.74) is 1.56. The maximum atomic E-state index is 12.7. The Morgan fingerprint density at radius 3 is 2.97 bits per heavy atom. The van der Waals surface area contributed by atoms with E-state index in [-0.39, 0.29) is 23.7 Å². The van der Waals surface area contributed by atoms with Crippen LogP contribution >= 0.6 is 0 Å². The summed E-state index contributed by atoms with van der Waals surface area (Å²) in [7, 11) is 0. The standard InChI is InChI=1S/C24H27N5O5/c25-15-19-23-28-21(16-26-19)29-24(30)27-18-14-17(9-13-33-22-6-2-5-11-32-22)7-8-20(18)31-10-3-1-4-12-34-23/h1,3,7-8,14,16,22H,2,4-6,9-13H2,(H2,27,28,29,30)/b3-1+. The molecule has 1 atom stereocenters. The third-order valence-electron chi connectivity index (χ3n) is 5.24. The molecule has 2 aliphatic rings. The average molecular weight is 466 g/mol. The minimum Gasteiger partial charge on any atom is -0.487 e. The van der Waals surface area contributed by atoms with Gasteiger partial charge in [-0.15, -0.1) is 0 Å². The van der Waals surface area contributed by atoms with Gasteiger partial charge in [0.15, 0.2) is 12.1 Å². The van der Waals surface area contributed by atoms with Crippen LogP contribution in [-0.2, 0) is 15.9 Å². The number of ether oxygens (including phenoxy) is 4. The molecule has 3 heterocycles. The number of benzene rings is 1. The van der Waals surface area contributed by atoms with Gasteiger partial charge >= 0.3 is 6.03 Å². The van der Waals surface area contributed by atoms with Gasteiger partial charge in [0.2, 0.25) is 5.69 Å². The largest absolute Gasteiger partial charge is 0.487 e. The fraction of sp³-hybridized carbons (Fsp3) is 0.417. The molecule has 2 bridgehead atoms. The van der Waals surface area contributed by atoms with E-state index in [9.17, 15) is 10.1 Å². The van der Waals surface area contributed by atoms with E-state index in [2.05, 4.69) is 20.6 Å². The van der Waals surface area contributed by atoms with E-state index >= 15 is 0 Å².